The first-order chi connectivity index (χ1) is 8.79. The molecule has 2 aromatic carbocycles. The molecule has 0 radical (unpaired) electrons. The van der Waals surface area contributed by atoms with Gasteiger partial charge in [-0.1, -0.05) is 41.9 Å². The van der Waals surface area contributed by atoms with E-state index in [0.717, 1.165) is 22.8 Å². The van der Waals surface area contributed by atoms with E-state index in [1.54, 1.807) is 0 Å². The lowest BCUT2D eigenvalue weighted by Crippen LogP contribution is -2.13. The number of hydrogen-bond donors (Lipinski definition) is 1. The molecule has 0 spiro atoms. The van der Waals surface area contributed by atoms with Crippen LogP contribution in [0.25, 0.3) is 0 Å². The summed E-state index contributed by atoms with van der Waals surface area (Å²) < 4.78 is 5.96. The highest BCUT2D eigenvalue weighted by Crippen LogP contribution is 2.25. The molecule has 0 bridgehead atoms. The molecule has 0 amide bonds. The molecule has 0 saturated carbocycles. The first-order valence-corrected chi connectivity index (χ1v) is 6.34. The Morgan fingerprint density at radius 2 is 1.67 bits per heavy atom. The third-order valence-electron chi connectivity index (χ3n) is 2.69. The molecular weight excluding hydrogens is 246 g/mol. The van der Waals surface area contributed by atoms with E-state index in [2.05, 4.69) is 0 Å². The Morgan fingerprint density at radius 1 is 1.00 bits per heavy atom. The van der Waals surface area contributed by atoms with Gasteiger partial charge in [0.05, 0.1) is 0 Å². The molecule has 2 rings (SSSR count). The Hall–Kier alpha value is -1.51. The molecule has 0 fully saturated rings. The Labute approximate surface area is 112 Å². The zero-order valence-corrected chi connectivity index (χ0v) is 10.8. The van der Waals surface area contributed by atoms with Crippen LogP contribution in [0.5, 0.6) is 5.75 Å². The first kappa shape index (κ1) is 12.9. The number of nitrogens with two attached hydrogens (primary N) is 1. The summed E-state index contributed by atoms with van der Waals surface area (Å²) in [5.41, 5.74) is 6.74. The highest BCUT2D eigenvalue weighted by Gasteiger charge is 2.12. The summed E-state index contributed by atoms with van der Waals surface area (Å²) in [6.45, 7) is 0.583. The number of halogens is 1. The van der Waals surface area contributed by atoms with Gasteiger partial charge in [-0.3, -0.25) is 0 Å². The van der Waals surface area contributed by atoms with Gasteiger partial charge in [-0.2, -0.15) is 0 Å². The molecule has 2 aromatic rings. The number of hydrogen-bond acceptors (Lipinski definition) is 2. The van der Waals surface area contributed by atoms with Crippen molar-refractivity contribution in [1.29, 1.82) is 0 Å². The van der Waals surface area contributed by atoms with E-state index in [1.165, 1.54) is 0 Å². The second-order valence-corrected chi connectivity index (χ2v) is 4.48. The number of para-hydroxylation sites is 1. The Bertz CT molecular complexity index is 470. The summed E-state index contributed by atoms with van der Waals surface area (Å²) in [7, 11) is 0. The molecule has 0 aliphatic carbocycles. The number of ether oxygens (including phenoxy) is 1. The third kappa shape index (κ3) is 3.49. The van der Waals surface area contributed by atoms with E-state index in [-0.39, 0.29) is 6.10 Å². The van der Waals surface area contributed by atoms with Gasteiger partial charge in [-0.15, -0.1) is 0 Å². The molecule has 2 N–H and O–H groups in total. The molecule has 0 aliphatic heterocycles. The second kappa shape index (κ2) is 6.43. The lowest BCUT2D eigenvalue weighted by molar-refractivity contribution is 0.198. The summed E-state index contributed by atoms with van der Waals surface area (Å²) in [6, 6.07) is 17.5. The third-order valence-corrected chi connectivity index (χ3v) is 2.94. The van der Waals surface area contributed by atoms with E-state index in [1.807, 2.05) is 54.6 Å². The van der Waals surface area contributed by atoms with Gasteiger partial charge in [0, 0.05) is 11.4 Å². The quantitative estimate of drug-likeness (QED) is 0.888. The van der Waals surface area contributed by atoms with E-state index in [4.69, 9.17) is 22.1 Å². The van der Waals surface area contributed by atoms with Gasteiger partial charge in [0.1, 0.15) is 11.9 Å². The van der Waals surface area contributed by atoms with Gasteiger partial charge < -0.3 is 10.5 Å². The molecule has 2 nitrogen and oxygen atoms in total. The van der Waals surface area contributed by atoms with Crippen LogP contribution in [0.2, 0.25) is 5.02 Å². The minimum atomic E-state index is -0.0327. The monoisotopic (exact) mass is 261 g/mol. The average Bonchev–Trinajstić information content (AvgIpc) is 2.40. The van der Waals surface area contributed by atoms with Crippen LogP contribution in [0.1, 0.15) is 18.1 Å². The lowest BCUT2D eigenvalue weighted by atomic mass is 10.1. The molecule has 1 atom stereocenters. The molecule has 3 heteroatoms. The predicted octanol–water partition coefficient (Wildman–Crippen LogP) is 3.81. The summed E-state index contributed by atoms with van der Waals surface area (Å²) in [5, 5.41) is 0.727. The van der Waals surface area contributed by atoms with E-state index in [9.17, 15) is 0 Å². The Kier molecular flexibility index (Phi) is 4.62. The normalized spacial score (nSPS) is 12.1. The van der Waals surface area contributed by atoms with E-state index < -0.39 is 0 Å². The van der Waals surface area contributed by atoms with Crippen LogP contribution in [0.3, 0.4) is 0 Å². The molecule has 0 heterocycles. The van der Waals surface area contributed by atoms with E-state index >= 15 is 0 Å². The zero-order valence-electron chi connectivity index (χ0n) is 10.1. The molecule has 0 aromatic heterocycles. The smallest absolute Gasteiger partial charge is 0.125 e. The largest absolute Gasteiger partial charge is 0.486 e. The maximum atomic E-state index is 5.96. The fraction of sp³-hybridized carbons (Fsp3) is 0.200. The summed E-state index contributed by atoms with van der Waals surface area (Å²) in [4.78, 5) is 0. The van der Waals surface area contributed by atoms with Crippen LogP contribution in [-0.4, -0.2) is 6.54 Å². The van der Waals surface area contributed by atoms with Crippen molar-refractivity contribution in [3.05, 3.63) is 65.2 Å². The highest BCUT2D eigenvalue weighted by atomic mass is 35.5. The van der Waals surface area contributed by atoms with Gasteiger partial charge in [0.2, 0.25) is 0 Å². The molecule has 94 valence electrons. The van der Waals surface area contributed by atoms with Crippen molar-refractivity contribution >= 4 is 11.6 Å². The fourth-order valence-electron chi connectivity index (χ4n) is 1.79. The SMILES string of the molecule is NCCC(Oc1ccccc1)c1ccc(Cl)cc1. The van der Waals surface area contributed by atoms with E-state index in [0.29, 0.717) is 6.54 Å². The molecule has 0 saturated heterocycles. The molecule has 1 unspecified atom stereocenters. The van der Waals surface area contributed by atoms with Gasteiger partial charge >= 0.3 is 0 Å². The van der Waals surface area contributed by atoms with Crippen molar-refractivity contribution in [3.8, 4) is 5.75 Å². The standard InChI is InChI=1S/C15H16ClNO/c16-13-8-6-12(7-9-13)15(10-11-17)18-14-4-2-1-3-5-14/h1-9,15H,10-11,17H2. The van der Waals surface area contributed by atoms with Gasteiger partial charge in [-0.05, 0) is 36.4 Å². The molecular formula is C15H16ClNO. The zero-order chi connectivity index (χ0) is 12.8. The van der Waals surface area contributed by atoms with Crippen LogP contribution in [0.4, 0.5) is 0 Å². The van der Waals surface area contributed by atoms with Crippen molar-refractivity contribution in [2.75, 3.05) is 6.54 Å². The minimum absolute atomic E-state index is 0.0327. The summed E-state index contributed by atoms with van der Waals surface area (Å²) in [5.74, 6) is 0.853. The topological polar surface area (TPSA) is 35.2 Å². The summed E-state index contributed by atoms with van der Waals surface area (Å²) >= 11 is 5.89. The Balaban J connectivity index is 2.15. The average molecular weight is 262 g/mol. The van der Waals surface area contributed by atoms with Crippen LogP contribution >= 0.6 is 11.6 Å². The maximum Gasteiger partial charge on any atom is 0.125 e. The molecule has 18 heavy (non-hydrogen) atoms. The van der Waals surface area contributed by atoms with Crippen molar-refractivity contribution in [3.63, 3.8) is 0 Å². The predicted molar refractivity (Wildman–Crippen MR) is 74.9 cm³/mol. The molecule has 0 aliphatic rings. The minimum Gasteiger partial charge on any atom is -0.486 e. The lowest BCUT2D eigenvalue weighted by Gasteiger charge is -2.19. The van der Waals surface area contributed by atoms with Gasteiger partial charge in [0.15, 0.2) is 0 Å². The highest BCUT2D eigenvalue weighted by molar-refractivity contribution is 6.30. The Morgan fingerprint density at radius 3 is 2.28 bits per heavy atom. The fourth-order valence-corrected chi connectivity index (χ4v) is 1.91. The second-order valence-electron chi connectivity index (χ2n) is 4.05. The van der Waals surface area contributed by atoms with Crippen molar-refractivity contribution in [2.24, 2.45) is 5.73 Å². The number of benzene rings is 2. The number of rotatable bonds is 5. The van der Waals surface area contributed by atoms with Crippen molar-refractivity contribution < 1.29 is 4.74 Å². The van der Waals surface area contributed by atoms with Gasteiger partial charge in [-0.25, -0.2) is 0 Å². The van der Waals surface area contributed by atoms with Crippen LogP contribution in [0.15, 0.2) is 54.6 Å². The van der Waals surface area contributed by atoms with Gasteiger partial charge in [0.25, 0.3) is 0 Å². The van der Waals surface area contributed by atoms with Crippen LogP contribution in [0, 0.1) is 0 Å². The van der Waals surface area contributed by atoms with Crippen molar-refractivity contribution in [2.45, 2.75) is 12.5 Å². The first-order valence-electron chi connectivity index (χ1n) is 5.97. The summed E-state index contributed by atoms with van der Waals surface area (Å²) in [6.07, 6.45) is 0.742. The van der Waals surface area contributed by atoms with Crippen LogP contribution < -0.4 is 10.5 Å². The van der Waals surface area contributed by atoms with Crippen molar-refractivity contribution in [1.82, 2.24) is 0 Å². The maximum absolute atomic E-state index is 5.96. The van der Waals surface area contributed by atoms with Crippen LogP contribution in [-0.2, 0) is 0 Å².